The van der Waals surface area contributed by atoms with Gasteiger partial charge in [0.05, 0.1) is 0 Å². The van der Waals surface area contributed by atoms with Crippen LogP contribution in [0.2, 0.25) is 0 Å². The van der Waals surface area contributed by atoms with E-state index in [9.17, 15) is 0 Å². The molecule has 0 heterocycles. The van der Waals surface area contributed by atoms with Gasteiger partial charge in [0.2, 0.25) is 0 Å². The Morgan fingerprint density at radius 1 is 0.176 bits per heavy atom. The van der Waals surface area contributed by atoms with Crippen LogP contribution in [0.3, 0.4) is 0 Å². The van der Waals surface area contributed by atoms with Gasteiger partial charge in [0.1, 0.15) is 0 Å². The molecular weight excluding hydrogens is 1020 g/mol. The Balaban J connectivity index is 0.416. The van der Waals surface area contributed by atoms with Crippen LogP contribution in [-0.4, -0.2) is 0 Å². The molecule has 0 heteroatoms. The summed E-state index contributed by atoms with van der Waals surface area (Å²) in [5.41, 5.74) is 2.92. The minimum absolute atomic E-state index is 0.966. The maximum absolute atomic E-state index is 1.85. The van der Waals surface area contributed by atoms with Crippen LogP contribution in [-0.2, 0) is 0 Å². The van der Waals surface area contributed by atoms with E-state index in [0.717, 1.165) is 16.2 Å². The number of hydrogen-bond donors (Lipinski definition) is 0. The van der Waals surface area contributed by atoms with E-state index in [1.54, 1.807) is 44.9 Å². The van der Waals surface area contributed by atoms with Crippen molar-refractivity contribution in [2.75, 3.05) is 0 Å². The van der Waals surface area contributed by atoms with Crippen molar-refractivity contribution in [1.29, 1.82) is 0 Å². The molecule has 0 saturated heterocycles. The monoisotopic (exact) mass is 1110 g/mol. The molecule has 0 aromatic carbocycles. The van der Waals surface area contributed by atoms with Gasteiger partial charge in [0, 0.05) is 0 Å². The summed E-state index contributed by atoms with van der Waals surface area (Å²) in [6.45, 7) is 0. The van der Waals surface area contributed by atoms with Crippen LogP contribution in [0.5, 0.6) is 0 Å². The standard InChI is InChI=1S/C85H94/c1-2-14-6-23-27(14)80-81(23)85-12-84(82(80)85)25-11-83(84,85)10-24-31(25)43-38(24)50-55(43)67-60-48-36-20(29(41(36)53(48)65(60)62(50)67)21-9-22-30(21)42-37(22)49-54(42)66-61(49)68-56-44-32-16-3-4-17(16)33(32)45(44)57(56)69(66)68)8-15-7-19-28(15)40-35(19)47-52(40)64-59(47)71-73(64)77-75(71)78-76-72-63-51-39-26-13(1)5-18(26)34(39)46(51)58(63)70(72)74(76)79(77)78/h13-82H,1-12H2. The summed E-state index contributed by atoms with van der Waals surface area (Å²) in [4.78, 5) is 0. The average molecular weight is 1120 g/mol. The lowest BCUT2D eigenvalue weighted by Gasteiger charge is -3.11. The minimum Gasteiger partial charge on any atom is -0.0499 e. The first-order valence-electron chi connectivity index (χ1n) is 42.3. The van der Waals surface area contributed by atoms with Crippen LogP contribution in [0.1, 0.15) is 77.0 Å². The van der Waals surface area contributed by atoms with Gasteiger partial charge in [0.25, 0.3) is 0 Å². The zero-order chi connectivity index (χ0) is 50.4. The average Bonchev–Trinajstić information content (AvgIpc) is 0.554. The fraction of sp³-hybridized carbons (Fsp3) is 1.00. The van der Waals surface area contributed by atoms with Crippen LogP contribution in [0, 0.1) is 430 Å². The predicted octanol–water partition coefficient (Wildman–Crippen LogP) is 13.3. The van der Waals surface area contributed by atoms with Gasteiger partial charge in [-0.1, -0.05) is 0 Å². The fourth-order valence-electron chi connectivity index (χ4n) is 54.9. The molecular formula is C85H94. The third-order valence-electron chi connectivity index (χ3n) is 53.8. The zero-order valence-corrected chi connectivity index (χ0v) is 50.4. The van der Waals surface area contributed by atoms with E-state index in [4.69, 9.17) is 0 Å². The Morgan fingerprint density at radius 2 is 0.471 bits per heavy atom. The molecule has 73 atom stereocenters. The molecule has 41 saturated carbocycles. The second-order valence-corrected chi connectivity index (χ2v) is 47.7. The maximum atomic E-state index is 1.85. The Hall–Kier alpha value is 0. The predicted molar refractivity (Wildman–Crippen MR) is 307 cm³/mol. The topological polar surface area (TPSA) is 0 Å². The first-order valence-corrected chi connectivity index (χ1v) is 42.3. The van der Waals surface area contributed by atoms with Gasteiger partial charge in [-0.2, -0.15) is 0 Å². The summed E-state index contributed by atoms with van der Waals surface area (Å²) in [6, 6.07) is 0. The molecule has 434 valence electrons. The summed E-state index contributed by atoms with van der Waals surface area (Å²) < 4.78 is 0. The van der Waals surface area contributed by atoms with Gasteiger partial charge >= 0.3 is 0 Å². The molecule has 85 heavy (non-hydrogen) atoms. The van der Waals surface area contributed by atoms with Gasteiger partial charge in [-0.05, 0) is 508 Å². The molecule has 3 spiro atoms. The molecule has 0 aliphatic heterocycles. The molecule has 10 bridgehead atoms. The van der Waals surface area contributed by atoms with Crippen LogP contribution in [0.4, 0.5) is 0 Å². The van der Waals surface area contributed by atoms with Gasteiger partial charge in [-0.15, -0.1) is 0 Å². The normalized spacial score (nSPS) is 99.1. The number of hydrogen-bond acceptors (Lipinski definition) is 0. The summed E-state index contributed by atoms with van der Waals surface area (Å²) in [5.74, 6) is 90.9. The number of fused-ring (bicyclic) bond motifs is 39. The highest BCUT2D eigenvalue weighted by Gasteiger charge is 3.09. The Labute approximate surface area is 504 Å². The van der Waals surface area contributed by atoms with Crippen LogP contribution in [0.15, 0.2) is 0 Å². The molecule has 0 aromatic heterocycles. The largest absolute Gasteiger partial charge is 0.0499 e. The summed E-state index contributed by atoms with van der Waals surface area (Å²) >= 11 is 0. The summed E-state index contributed by atoms with van der Waals surface area (Å²) in [5, 5.41) is 0. The lowest BCUT2D eigenvalue weighted by Crippen LogP contribution is -3.07. The molecule has 0 aromatic rings. The molecule has 0 N–H and O–H groups in total. The van der Waals surface area contributed by atoms with Crippen molar-refractivity contribution in [2.24, 2.45) is 430 Å². The van der Waals surface area contributed by atoms with E-state index < -0.39 is 0 Å². The molecule has 41 fully saturated rings. The molecule has 73 unspecified atom stereocenters. The Bertz CT molecular complexity index is 3800. The van der Waals surface area contributed by atoms with Gasteiger partial charge in [-0.3, -0.25) is 0 Å². The van der Waals surface area contributed by atoms with E-state index in [1.165, 1.54) is 414 Å². The van der Waals surface area contributed by atoms with Crippen molar-refractivity contribution in [3.63, 3.8) is 0 Å². The lowest BCUT2D eigenvalue weighted by molar-refractivity contribution is -0.643. The Morgan fingerprint density at radius 3 is 0.906 bits per heavy atom. The van der Waals surface area contributed by atoms with Crippen LogP contribution >= 0.6 is 0 Å². The quantitative estimate of drug-likeness (QED) is 0.230. The second kappa shape index (κ2) is 10.0. The summed E-state index contributed by atoms with van der Waals surface area (Å²) in [7, 11) is 0. The third kappa shape index (κ3) is 2.58. The summed E-state index contributed by atoms with van der Waals surface area (Å²) in [6.07, 6.45) is 21.2. The smallest absolute Gasteiger partial charge is 0.0159 e. The molecule has 0 radical (unpaired) electrons. The van der Waals surface area contributed by atoms with Crippen molar-refractivity contribution in [3.05, 3.63) is 0 Å². The minimum atomic E-state index is 0.966. The van der Waals surface area contributed by atoms with Gasteiger partial charge in [0.15, 0.2) is 0 Å². The van der Waals surface area contributed by atoms with E-state index >= 15 is 0 Å². The van der Waals surface area contributed by atoms with E-state index in [-0.39, 0.29) is 0 Å². The van der Waals surface area contributed by atoms with E-state index in [1.807, 2.05) is 32.1 Å². The van der Waals surface area contributed by atoms with Crippen molar-refractivity contribution in [3.8, 4) is 0 Å². The van der Waals surface area contributed by atoms with E-state index in [0.29, 0.717) is 0 Å². The highest BCUT2D eigenvalue weighted by Crippen LogP contribution is 3.13. The van der Waals surface area contributed by atoms with E-state index in [2.05, 4.69) is 0 Å². The highest BCUT2D eigenvalue weighted by molar-refractivity contribution is 5.56. The van der Waals surface area contributed by atoms with Crippen molar-refractivity contribution in [2.45, 2.75) is 77.0 Å². The molecule has 41 rings (SSSR count). The molecule has 41 aliphatic carbocycles. The fourth-order valence-corrected chi connectivity index (χ4v) is 54.9. The molecule has 0 nitrogen and oxygen atoms in total. The van der Waals surface area contributed by atoms with Crippen LogP contribution < -0.4 is 0 Å². The third-order valence-corrected chi connectivity index (χ3v) is 53.8. The Kier molecular flexibility index (Phi) is 4.69. The van der Waals surface area contributed by atoms with Crippen molar-refractivity contribution < 1.29 is 0 Å². The van der Waals surface area contributed by atoms with Crippen molar-refractivity contribution in [1.82, 2.24) is 0 Å². The molecule has 41 aliphatic rings. The number of rotatable bonds is 1. The molecule has 0 amide bonds. The van der Waals surface area contributed by atoms with Crippen LogP contribution in [0.25, 0.3) is 0 Å². The first kappa shape index (κ1) is 39.6. The van der Waals surface area contributed by atoms with Gasteiger partial charge < -0.3 is 0 Å². The second-order valence-electron chi connectivity index (χ2n) is 47.7. The SMILES string of the molecule is C1CC2CC3C2C2C3C34CC5(C6CC53CC3C5C7C8C9C%10C%11C(C%12CC%13C%12C%12C%13C%13C%12C%12C%13C%13C%14C%15C%16C%17CCC%17C%16C%15C%14C%12%13)C(CC%12CC%13C%12C%12C%13C%13C%12C%12C%13C%13C%12C%12C%13C%13C%14C%15C%16C%17C%18C%19C1CC%19C%18C%17C%16C%15C%14C%12%13)C%11C%10C9C8C7C5C36)C24. The lowest BCUT2D eigenvalue weighted by atomic mass is 8.93. The highest BCUT2D eigenvalue weighted by atomic mass is 15.1. The van der Waals surface area contributed by atoms with Crippen molar-refractivity contribution >= 4 is 0 Å². The zero-order valence-electron chi connectivity index (χ0n) is 50.4. The first-order chi connectivity index (χ1) is 42.3. The maximum Gasteiger partial charge on any atom is -0.0159 e. The van der Waals surface area contributed by atoms with Gasteiger partial charge in [-0.25, -0.2) is 0 Å².